The highest BCUT2D eigenvalue weighted by Crippen LogP contribution is 2.34. The van der Waals surface area contributed by atoms with Gasteiger partial charge in [0.15, 0.2) is 0 Å². The van der Waals surface area contributed by atoms with Gasteiger partial charge in [-0.3, -0.25) is 10.1 Å². The van der Waals surface area contributed by atoms with E-state index in [-0.39, 0.29) is 16.8 Å². The van der Waals surface area contributed by atoms with Crippen LogP contribution in [0.15, 0.2) is 18.2 Å². The second kappa shape index (κ2) is 5.12. The number of rotatable bonds is 4. The summed E-state index contributed by atoms with van der Waals surface area (Å²) >= 11 is 5.96. The van der Waals surface area contributed by atoms with Crippen LogP contribution in [0.25, 0.3) is 0 Å². The minimum atomic E-state index is -0.471. The molecule has 2 rings (SSSR count). The van der Waals surface area contributed by atoms with Crippen molar-refractivity contribution in [2.24, 2.45) is 0 Å². The first-order chi connectivity index (χ1) is 8.47. The molecule has 0 spiro atoms. The van der Waals surface area contributed by atoms with Crippen LogP contribution in [0.4, 0.5) is 5.69 Å². The van der Waals surface area contributed by atoms with Gasteiger partial charge in [-0.2, -0.15) is 0 Å². The Morgan fingerprint density at radius 3 is 2.61 bits per heavy atom. The van der Waals surface area contributed by atoms with Crippen LogP contribution in [-0.2, 0) is 0 Å². The quantitative estimate of drug-likeness (QED) is 0.623. The van der Waals surface area contributed by atoms with Gasteiger partial charge < -0.3 is 9.64 Å². The third-order valence-corrected chi connectivity index (χ3v) is 3.52. The molecule has 1 aliphatic rings. The van der Waals surface area contributed by atoms with Gasteiger partial charge in [-0.25, -0.2) is 0 Å². The predicted molar refractivity (Wildman–Crippen MR) is 69.2 cm³/mol. The zero-order chi connectivity index (χ0) is 13.3. The van der Waals surface area contributed by atoms with E-state index < -0.39 is 4.92 Å². The first kappa shape index (κ1) is 13.1. The molecule has 5 nitrogen and oxygen atoms in total. The minimum Gasteiger partial charge on any atom is -0.489 e. The lowest BCUT2D eigenvalue weighted by Crippen LogP contribution is -2.46. The number of halogens is 1. The van der Waals surface area contributed by atoms with Crippen LogP contribution in [0.3, 0.4) is 0 Å². The lowest BCUT2D eigenvalue weighted by Gasteiger charge is -2.39. The molecule has 1 aromatic rings. The van der Waals surface area contributed by atoms with Crippen LogP contribution < -0.4 is 4.74 Å². The molecule has 0 amide bonds. The molecule has 0 radical (unpaired) electrons. The molecule has 0 atom stereocenters. The number of nitrogens with zero attached hydrogens (tertiary/aromatic N) is 2. The van der Waals surface area contributed by atoms with Crippen LogP contribution in [0, 0.1) is 10.1 Å². The molecular weight excluding hydrogens is 256 g/mol. The number of hydrogen-bond acceptors (Lipinski definition) is 4. The minimum absolute atomic E-state index is 0.0212. The van der Waals surface area contributed by atoms with Crippen molar-refractivity contribution in [2.75, 3.05) is 14.1 Å². The Balaban J connectivity index is 1.97. The summed E-state index contributed by atoms with van der Waals surface area (Å²) in [4.78, 5) is 12.3. The Morgan fingerprint density at radius 2 is 2.11 bits per heavy atom. The van der Waals surface area contributed by atoms with Crippen molar-refractivity contribution in [3.05, 3.63) is 33.3 Å². The van der Waals surface area contributed by atoms with Gasteiger partial charge in [-0.15, -0.1) is 0 Å². The number of nitro benzene ring substituents is 1. The van der Waals surface area contributed by atoms with Crippen LogP contribution in [0.1, 0.15) is 12.8 Å². The Morgan fingerprint density at radius 1 is 1.44 bits per heavy atom. The second-order valence-electron chi connectivity index (χ2n) is 4.70. The van der Waals surface area contributed by atoms with Gasteiger partial charge in [0, 0.05) is 18.2 Å². The smallest absolute Gasteiger partial charge is 0.271 e. The highest BCUT2D eigenvalue weighted by Gasteiger charge is 2.32. The van der Waals surface area contributed by atoms with Gasteiger partial charge in [0.05, 0.1) is 9.95 Å². The maximum Gasteiger partial charge on any atom is 0.271 e. The summed E-state index contributed by atoms with van der Waals surface area (Å²) in [7, 11) is 4.08. The lowest BCUT2D eigenvalue weighted by atomic mass is 9.88. The Hall–Kier alpha value is -1.33. The first-order valence-corrected chi connectivity index (χ1v) is 6.12. The van der Waals surface area contributed by atoms with Gasteiger partial charge >= 0.3 is 0 Å². The van der Waals surface area contributed by atoms with E-state index in [1.807, 2.05) is 14.1 Å². The second-order valence-corrected chi connectivity index (χ2v) is 5.11. The topological polar surface area (TPSA) is 55.6 Å². The molecule has 18 heavy (non-hydrogen) atoms. The number of non-ortho nitro benzene ring substituents is 1. The van der Waals surface area contributed by atoms with Crippen molar-refractivity contribution >= 4 is 17.3 Å². The molecule has 0 unspecified atom stereocenters. The summed E-state index contributed by atoms with van der Waals surface area (Å²) in [5.41, 5.74) is -0.0212. The summed E-state index contributed by atoms with van der Waals surface area (Å²) in [6.07, 6.45) is 2.07. The predicted octanol–water partition coefficient (Wildman–Crippen LogP) is 2.72. The third-order valence-electron chi connectivity index (χ3n) is 3.22. The summed E-state index contributed by atoms with van der Waals surface area (Å²) in [6, 6.07) is 4.83. The Kier molecular flexibility index (Phi) is 3.73. The van der Waals surface area contributed by atoms with E-state index in [4.69, 9.17) is 16.3 Å². The molecule has 0 aliphatic heterocycles. The molecule has 0 saturated heterocycles. The zero-order valence-corrected chi connectivity index (χ0v) is 11.1. The average molecular weight is 271 g/mol. The van der Waals surface area contributed by atoms with Crippen molar-refractivity contribution in [3.8, 4) is 5.75 Å². The van der Waals surface area contributed by atoms with Crippen LogP contribution in [-0.4, -0.2) is 36.1 Å². The first-order valence-electron chi connectivity index (χ1n) is 5.74. The number of hydrogen-bond donors (Lipinski definition) is 0. The van der Waals surface area contributed by atoms with Crippen molar-refractivity contribution in [1.29, 1.82) is 0 Å². The van der Waals surface area contributed by atoms with Crippen molar-refractivity contribution in [2.45, 2.75) is 25.0 Å². The third kappa shape index (κ3) is 2.73. The van der Waals surface area contributed by atoms with Crippen molar-refractivity contribution in [3.63, 3.8) is 0 Å². The normalized spacial score (nSPS) is 22.7. The molecule has 0 N–H and O–H groups in total. The molecule has 0 bridgehead atoms. The molecule has 1 fully saturated rings. The Labute approximate surface area is 110 Å². The SMILES string of the molecule is CN(C)C1CC(Oc2ccc([N+](=O)[O-])cc2Cl)C1. The van der Waals surface area contributed by atoms with Crippen LogP contribution in [0.5, 0.6) is 5.75 Å². The maximum absolute atomic E-state index is 10.6. The van der Waals surface area contributed by atoms with Gasteiger partial charge in [0.25, 0.3) is 5.69 Å². The van der Waals surface area contributed by atoms with E-state index in [0.717, 1.165) is 12.8 Å². The largest absolute Gasteiger partial charge is 0.489 e. The van der Waals surface area contributed by atoms with Gasteiger partial charge in [0.2, 0.25) is 0 Å². The molecule has 0 aromatic heterocycles. The highest BCUT2D eigenvalue weighted by molar-refractivity contribution is 6.32. The lowest BCUT2D eigenvalue weighted by molar-refractivity contribution is -0.384. The molecule has 1 aliphatic carbocycles. The molecule has 6 heteroatoms. The van der Waals surface area contributed by atoms with E-state index >= 15 is 0 Å². The van der Waals surface area contributed by atoms with Gasteiger partial charge in [-0.1, -0.05) is 11.6 Å². The highest BCUT2D eigenvalue weighted by atomic mass is 35.5. The van der Waals surface area contributed by atoms with Crippen LogP contribution in [0.2, 0.25) is 5.02 Å². The summed E-state index contributed by atoms with van der Waals surface area (Å²) < 4.78 is 5.72. The average Bonchev–Trinajstić information content (AvgIpc) is 2.23. The van der Waals surface area contributed by atoms with Gasteiger partial charge in [0.1, 0.15) is 11.9 Å². The molecule has 98 valence electrons. The van der Waals surface area contributed by atoms with E-state index in [1.54, 1.807) is 6.07 Å². The Bertz CT molecular complexity index is 459. The number of benzene rings is 1. The van der Waals surface area contributed by atoms with E-state index in [0.29, 0.717) is 11.8 Å². The van der Waals surface area contributed by atoms with Crippen LogP contribution >= 0.6 is 11.6 Å². The van der Waals surface area contributed by atoms with E-state index in [2.05, 4.69) is 4.90 Å². The fraction of sp³-hybridized carbons (Fsp3) is 0.500. The van der Waals surface area contributed by atoms with Crippen molar-refractivity contribution < 1.29 is 9.66 Å². The standard InChI is InChI=1S/C12H15ClN2O3/c1-14(2)9-5-10(6-9)18-12-4-3-8(15(16)17)7-11(12)13/h3-4,7,9-10H,5-6H2,1-2H3. The maximum atomic E-state index is 10.6. The molecular formula is C12H15ClN2O3. The zero-order valence-electron chi connectivity index (χ0n) is 10.3. The number of nitro groups is 1. The monoisotopic (exact) mass is 270 g/mol. The molecule has 1 saturated carbocycles. The van der Waals surface area contributed by atoms with E-state index in [1.165, 1.54) is 12.1 Å². The van der Waals surface area contributed by atoms with Gasteiger partial charge in [-0.05, 0) is 33.0 Å². The number of ether oxygens (including phenoxy) is 1. The van der Waals surface area contributed by atoms with Crippen molar-refractivity contribution in [1.82, 2.24) is 4.90 Å². The fourth-order valence-corrected chi connectivity index (χ4v) is 2.15. The molecule has 0 heterocycles. The van der Waals surface area contributed by atoms with E-state index in [9.17, 15) is 10.1 Å². The summed E-state index contributed by atoms with van der Waals surface area (Å²) in [5.74, 6) is 0.518. The molecule has 1 aromatic carbocycles. The summed E-state index contributed by atoms with van der Waals surface area (Å²) in [5, 5.41) is 10.9. The fourth-order valence-electron chi connectivity index (χ4n) is 1.93. The summed E-state index contributed by atoms with van der Waals surface area (Å²) in [6.45, 7) is 0.